The average Bonchev–Trinajstić information content (AvgIpc) is 2.45. The average molecular weight is 209 g/mol. The van der Waals surface area contributed by atoms with Crippen molar-refractivity contribution >= 4 is 29.5 Å². The molecule has 12 heavy (non-hydrogen) atoms. The first-order valence-corrected chi connectivity index (χ1v) is 3.91. The molecule has 0 aromatic carbocycles. The zero-order valence-corrected chi connectivity index (χ0v) is 10.1. The number of hydrogen-bond acceptors (Lipinski definition) is 1. The summed E-state index contributed by atoms with van der Waals surface area (Å²) in [6.07, 6.45) is 5.58. The molecule has 2 aromatic rings. The molecule has 0 spiro atoms. The molecule has 0 aliphatic carbocycles. The van der Waals surface area contributed by atoms with Gasteiger partial charge in [0.2, 0.25) is 0 Å². The second kappa shape index (κ2) is 3.94. The van der Waals surface area contributed by atoms with Gasteiger partial charge in [-0.15, -0.1) is 0 Å². The fraction of sp³-hybridized carbons (Fsp3) is 0. The van der Waals surface area contributed by atoms with Gasteiger partial charge in [-0.3, -0.25) is 0 Å². The van der Waals surface area contributed by atoms with Gasteiger partial charge in [-0.05, 0) is 6.07 Å². The molecule has 0 saturated carbocycles. The second-order valence-electron chi connectivity index (χ2n) is 2.21. The second-order valence-corrected chi connectivity index (χ2v) is 3.03. The Hall–Kier alpha value is 0.200. The summed E-state index contributed by atoms with van der Waals surface area (Å²) >= 11 is 10.9. The minimum Gasteiger partial charge on any atom is -1.00 e. The van der Waals surface area contributed by atoms with E-state index in [0.29, 0.717) is 9.53 Å². The van der Waals surface area contributed by atoms with E-state index in [0.717, 1.165) is 5.65 Å². The van der Waals surface area contributed by atoms with E-state index in [9.17, 15) is 0 Å². The van der Waals surface area contributed by atoms with E-state index in [1.54, 1.807) is 6.07 Å². The number of imidazole rings is 1. The molecule has 0 aliphatic rings. The zero-order valence-electron chi connectivity index (χ0n) is 7.54. The van der Waals surface area contributed by atoms with Crippen LogP contribution in [-0.2, 0) is 0 Å². The molecular weight excluding hydrogens is 203 g/mol. The van der Waals surface area contributed by atoms with Crippen molar-refractivity contribution in [2.24, 2.45) is 0 Å². The number of rotatable bonds is 0. The zero-order chi connectivity index (χ0) is 7.84. The number of nitrogens with one attached hydrogen (secondary N) is 1. The third-order valence-corrected chi connectivity index (χ3v) is 2.36. The van der Waals surface area contributed by atoms with Crippen LogP contribution < -0.4 is 29.6 Å². The topological polar surface area (TPSA) is 20.2 Å². The maximum atomic E-state index is 5.91. The van der Waals surface area contributed by atoms with Crippen molar-refractivity contribution in [3.63, 3.8) is 0 Å². The first kappa shape index (κ1) is 10.3. The molecule has 2 aromatic heterocycles. The first-order chi connectivity index (χ1) is 5.29. The first-order valence-electron chi connectivity index (χ1n) is 3.13. The van der Waals surface area contributed by atoms with Gasteiger partial charge < -0.3 is 10.8 Å². The van der Waals surface area contributed by atoms with Gasteiger partial charge in [0.15, 0.2) is 0 Å². The molecule has 2 nitrogen and oxygen atoms in total. The number of aromatic amines is 1. The molecule has 1 N–H and O–H groups in total. The van der Waals surface area contributed by atoms with Gasteiger partial charge in [0, 0.05) is 18.6 Å². The van der Waals surface area contributed by atoms with Crippen molar-refractivity contribution in [1.82, 2.24) is 9.38 Å². The maximum absolute atomic E-state index is 5.91. The van der Waals surface area contributed by atoms with E-state index in [2.05, 4.69) is 4.98 Å². The Bertz CT molecular complexity index is 453. The standard InChI is InChI=1S/C7H5ClN2S.Na.H/c8-6-5(11)1-3-10-4-2-9-7(6)10;;/h1-4,9H;;/q;+1;-1. The van der Waals surface area contributed by atoms with Gasteiger partial charge in [0.1, 0.15) is 5.65 Å². The number of hydrogen-bond donors (Lipinski definition) is 1. The van der Waals surface area contributed by atoms with E-state index in [1.165, 1.54) is 0 Å². The Morgan fingerprint density at radius 2 is 2.25 bits per heavy atom. The summed E-state index contributed by atoms with van der Waals surface area (Å²) in [6.45, 7) is 0. The fourth-order valence-corrected chi connectivity index (χ4v) is 1.36. The van der Waals surface area contributed by atoms with Gasteiger partial charge in [-0.2, -0.15) is 0 Å². The molecule has 0 amide bonds. The summed E-state index contributed by atoms with van der Waals surface area (Å²) in [7, 11) is 0. The van der Waals surface area contributed by atoms with Crippen LogP contribution >= 0.6 is 23.8 Å². The quantitative estimate of drug-likeness (QED) is 0.468. The number of halogens is 1. The van der Waals surface area contributed by atoms with Crippen molar-refractivity contribution < 1.29 is 31.0 Å². The Morgan fingerprint density at radius 3 is 3.00 bits per heavy atom. The minimum absolute atomic E-state index is 0. The van der Waals surface area contributed by atoms with Gasteiger partial charge >= 0.3 is 29.6 Å². The van der Waals surface area contributed by atoms with Crippen LogP contribution in [0.25, 0.3) is 5.65 Å². The Morgan fingerprint density at radius 1 is 1.50 bits per heavy atom. The van der Waals surface area contributed by atoms with Crippen LogP contribution in [0.15, 0.2) is 24.7 Å². The Balaban J connectivity index is 0.000000720. The summed E-state index contributed by atoms with van der Waals surface area (Å²) in [5.74, 6) is 0. The fourth-order valence-electron chi connectivity index (χ4n) is 0.984. The van der Waals surface area contributed by atoms with Crippen LogP contribution in [0.5, 0.6) is 0 Å². The van der Waals surface area contributed by atoms with E-state index in [-0.39, 0.29) is 31.0 Å². The van der Waals surface area contributed by atoms with Gasteiger partial charge in [-0.1, -0.05) is 23.8 Å². The summed E-state index contributed by atoms with van der Waals surface area (Å²) in [6, 6.07) is 1.80. The summed E-state index contributed by atoms with van der Waals surface area (Å²) in [5.41, 5.74) is 0.846. The maximum Gasteiger partial charge on any atom is 1.00 e. The third-order valence-electron chi connectivity index (χ3n) is 1.52. The minimum atomic E-state index is 0. The molecule has 5 heteroatoms. The van der Waals surface area contributed by atoms with Crippen LogP contribution in [0.1, 0.15) is 1.43 Å². The number of nitrogens with zero attached hydrogens (tertiary/aromatic N) is 1. The predicted molar refractivity (Wildman–Crippen MR) is 48.7 cm³/mol. The van der Waals surface area contributed by atoms with Gasteiger partial charge in [0.25, 0.3) is 0 Å². The largest absolute Gasteiger partial charge is 1.00 e. The van der Waals surface area contributed by atoms with Gasteiger partial charge in [-0.25, -0.2) is 0 Å². The normalized spacial score (nSPS) is 9.75. The monoisotopic (exact) mass is 208 g/mol. The van der Waals surface area contributed by atoms with E-state index in [1.807, 2.05) is 23.0 Å². The van der Waals surface area contributed by atoms with Crippen LogP contribution in [0.4, 0.5) is 0 Å². The SMILES string of the molecule is S=c1ccn2cc[nH]c2c1Cl.[H-].[Na+]. The van der Waals surface area contributed by atoms with Gasteiger partial charge in [0.05, 0.1) is 9.53 Å². The summed E-state index contributed by atoms with van der Waals surface area (Å²) in [4.78, 5) is 2.99. The Labute approximate surface area is 103 Å². The van der Waals surface area contributed by atoms with Crippen molar-refractivity contribution in [3.05, 3.63) is 34.2 Å². The van der Waals surface area contributed by atoms with Crippen LogP contribution in [-0.4, -0.2) is 9.38 Å². The number of H-pyrrole nitrogens is 1. The van der Waals surface area contributed by atoms with E-state index in [4.69, 9.17) is 23.8 Å². The molecular formula is C7H6ClN2NaS. The molecule has 0 aliphatic heterocycles. The van der Waals surface area contributed by atoms with Crippen LogP contribution in [0.3, 0.4) is 0 Å². The van der Waals surface area contributed by atoms with Crippen LogP contribution in [0.2, 0.25) is 5.02 Å². The third kappa shape index (κ3) is 1.60. The van der Waals surface area contributed by atoms with E-state index >= 15 is 0 Å². The summed E-state index contributed by atoms with van der Waals surface area (Å²) in [5, 5.41) is 0.604. The van der Waals surface area contributed by atoms with Crippen LogP contribution in [0, 0.1) is 4.51 Å². The number of aromatic nitrogens is 2. The predicted octanol–water partition coefficient (Wildman–Crippen LogP) is -0.233. The molecule has 0 saturated heterocycles. The number of pyridine rings is 1. The molecule has 0 radical (unpaired) electrons. The summed E-state index contributed by atoms with van der Waals surface area (Å²) < 4.78 is 2.56. The van der Waals surface area contributed by atoms with E-state index < -0.39 is 0 Å². The smallest absolute Gasteiger partial charge is 1.00 e. The van der Waals surface area contributed by atoms with Crippen molar-refractivity contribution in [1.29, 1.82) is 0 Å². The van der Waals surface area contributed by atoms with Crippen molar-refractivity contribution in [3.8, 4) is 0 Å². The Kier molecular flexibility index (Phi) is 3.37. The van der Waals surface area contributed by atoms with Crippen molar-refractivity contribution in [2.45, 2.75) is 0 Å². The molecule has 2 rings (SSSR count). The molecule has 0 unspecified atom stereocenters. The molecule has 0 atom stereocenters. The molecule has 0 bridgehead atoms. The number of fused-ring (bicyclic) bond motifs is 1. The molecule has 2 heterocycles. The molecule has 0 fully saturated rings. The molecule has 58 valence electrons. The van der Waals surface area contributed by atoms with Crippen molar-refractivity contribution in [2.75, 3.05) is 0 Å².